The van der Waals surface area contributed by atoms with Crippen LogP contribution < -0.4 is 14.7 Å². The van der Waals surface area contributed by atoms with E-state index in [0.717, 1.165) is 11.0 Å². The second-order valence-corrected chi connectivity index (χ2v) is 7.73. The fourth-order valence-electron chi connectivity index (χ4n) is 3.03. The molecule has 2 aromatic heterocycles. The van der Waals surface area contributed by atoms with Crippen molar-refractivity contribution in [1.82, 2.24) is 25.2 Å². The smallest absolute Gasteiger partial charge is 0.414 e. The molecule has 0 aliphatic carbocycles. The van der Waals surface area contributed by atoms with Gasteiger partial charge in [-0.1, -0.05) is 6.07 Å². The standard InChI is InChI=1S/C17H16FN6O6P/c1-23-16(20-21-22-23)15-5-2-10(7-19-15)13-4-3-11(6-14(13)18)24-8-12(30-17(24)25)9-29-31(26,27)28/h2-7,12H,8-9H2,1H3,(H2,26,27,28)/p-2/t12-/m1/s1. The van der Waals surface area contributed by atoms with Crippen molar-refractivity contribution in [1.29, 1.82) is 0 Å². The average molecular weight is 448 g/mol. The zero-order valence-corrected chi connectivity index (χ0v) is 16.8. The molecular weight excluding hydrogens is 434 g/mol. The van der Waals surface area contributed by atoms with Crippen molar-refractivity contribution in [3.63, 3.8) is 0 Å². The van der Waals surface area contributed by atoms with Crippen molar-refractivity contribution in [2.75, 3.05) is 18.1 Å². The summed E-state index contributed by atoms with van der Waals surface area (Å²) in [6.07, 6.45) is -0.307. The summed E-state index contributed by atoms with van der Waals surface area (Å²) in [5.74, 6) is -0.151. The van der Waals surface area contributed by atoms with Gasteiger partial charge in [-0.3, -0.25) is 9.88 Å². The summed E-state index contributed by atoms with van der Waals surface area (Å²) in [4.78, 5) is 38.5. The lowest BCUT2D eigenvalue weighted by atomic mass is 10.1. The maximum Gasteiger partial charge on any atom is 0.414 e. The summed E-state index contributed by atoms with van der Waals surface area (Å²) in [6, 6.07) is 7.45. The van der Waals surface area contributed by atoms with Crippen LogP contribution in [0.2, 0.25) is 0 Å². The molecule has 0 bridgehead atoms. The molecule has 1 aliphatic rings. The molecule has 1 fully saturated rings. The van der Waals surface area contributed by atoms with E-state index in [1.54, 1.807) is 19.2 Å². The molecule has 0 radical (unpaired) electrons. The van der Waals surface area contributed by atoms with Gasteiger partial charge < -0.3 is 23.6 Å². The minimum Gasteiger partial charge on any atom is -0.790 e. The van der Waals surface area contributed by atoms with E-state index in [4.69, 9.17) is 4.74 Å². The van der Waals surface area contributed by atoms with Crippen LogP contribution in [0.3, 0.4) is 0 Å². The number of aryl methyl sites for hydroxylation is 1. The summed E-state index contributed by atoms with van der Waals surface area (Å²) in [7, 11) is -3.52. The van der Waals surface area contributed by atoms with Crippen LogP contribution in [0.15, 0.2) is 36.5 Å². The zero-order chi connectivity index (χ0) is 22.2. The van der Waals surface area contributed by atoms with E-state index < -0.39 is 32.4 Å². The number of aromatic nitrogens is 5. The van der Waals surface area contributed by atoms with E-state index in [9.17, 15) is 23.5 Å². The van der Waals surface area contributed by atoms with Crippen LogP contribution in [-0.2, 0) is 20.9 Å². The van der Waals surface area contributed by atoms with Gasteiger partial charge in [-0.05, 0) is 34.7 Å². The first-order valence-corrected chi connectivity index (χ1v) is 10.3. The van der Waals surface area contributed by atoms with E-state index in [2.05, 4.69) is 25.0 Å². The Hall–Kier alpha value is -3.25. The van der Waals surface area contributed by atoms with E-state index in [-0.39, 0.29) is 17.8 Å². The molecule has 12 nitrogen and oxygen atoms in total. The molecule has 3 aromatic rings. The highest BCUT2D eigenvalue weighted by atomic mass is 31.2. The summed E-state index contributed by atoms with van der Waals surface area (Å²) in [5, 5.41) is 11.1. The van der Waals surface area contributed by atoms with E-state index in [0.29, 0.717) is 17.1 Å². The highest BCUT2D eigenvalue weighted by Crippen LogP contribution is 2.31. The van der Waals surface area contributed by atoms with Crippen LogP contribution in [-0.4, -0.2) is 50.5 Å². The summed E-state index contributed by atoms with van der Waals surface area (Å²) in [6.45, 7) is -0.703. The second-order valence-electron chi connectivity index (χ2n) is 6.58. The van der Waals surface area contributed by atoms with Crippen LogP contribution in [0.25, 0.3) is 22.6 Å². The summed E-state index contributed by atoms with van der Waals surface area (Å²) in [5.41, 5.74) is 1.47. The molecule has 1 aliphatic heterocycles. The molecule has 0 N–H and O–H groups in total. The monoisotopic (exact) mass is 448 g/mol. The van der Waals surface area contributed by atoms with Crippen LogP contribution >= 0.6 is 7.82 Å². The fraction of sp³-hybridized carbons (Fsp3) is 0.235. The molecule has 0 saturated carbocycles. The number of benzene rings is 1. The highest BCUT2D eigenvalue weighted by molar-refractivity contribution is 7.43. The molecule has 1 atom stereocenters. The number of hydrogen-bond acceptors (Lipinski definition) is 10. The number of phosphoric acid groups is 1. The van der Waals surface area contributed by atoms with Gasteiger partial charge in [-0.15, -0.1) is 5.10 Å². The lowest BCUT2D eigenvalue weighted by Gasteiger charge is -2.29. The van der Waals surface area contributed by atoms with Gasteiger partial charge in [-0.25, -0.2) is 13.9 Å². The molecule has 3 heterocycles. The fourth-order valence-corrected chi connectivity index (χ4v) is 3.38. The zero-order valence-electron chi connectivity index (χ0n) is 15.9. The van der Waals surface area contributed by atoms with Gasteiger partial charge in [0, 0.05) is 24.4 Å². The molecule has 1 aromatic carbocycles. The van der Waals surface area contributed by atoms with E-state index in [1.807, 2.05) is 0 Å². The molecule has 31 heavy (non-hydrogen) atoms. The van der Waals surface area contributed by atoms with Gasteiger partial charge in [0.05, 0.1) is 26.7 Å². The molecule has 0 spiro atoms. The SMILES string of the molecule is Cn1nnnc1-c1ccc(-c2ccc(N3C[C@H](COP(=O)([O-])[O-])OC3=O)cc2F)cn1. The van der Waals surface area contributed by atoms with Gasteiger partial charge in [0.15, 0.2) is 5.82 Å². The number of hydrogen-bond donors (Lipinski definition) is 0. The third kappa shape index (κ3) is 4.59. The predicted molar refractivity (Wildman–Crippen MR) is 98.6 cm³/mol. The maximum atomic E-state index is 14.8. The number of rotatable bonds is 6. The molecule has 1 saturated heterocycles. The molecule has 1 amide bonds. The van der Waals surface area contributed by atoms with E-state index >= 15 is 0 Å². The number of nitrogens with zero attached hydrogens (tertiary/aromatic N) is 6. The van der Waals surface area contributed by atoms with Crippen molar-refractivity contribution in [2.45, 2.75) is 6.10 Å². The van der Waals surface area contributed by atoms with Gasteiger partial charge >= 0.3 is 6.09 Å². The Labute approximate surface area is 174 Å². The van der Waals surface area contributed by atoms with Crippen molar-refractivity contribution in [3.8, 4) is 22.6 Å². The lowest BCUT2D eigenvalue weighted by molar-refractivity contribution is -0.342. The van der Waals surface area contributed by atoms with Crippen LogP contribution in [0.4, 0.5) is 14.9 Å². The highest BCUT2D eigenvalue weighted by Gasteiger charge is 2.33. The first-order valence-electron chi connectivity index (χ1n) is 8.85. The molecule has 14 heteroatoms. The van der Waals surface area contributed by atoms with Crippen molar-refractivity contribution >= 4 is 19.6 Å². The Balaban J connectivity index is 1.50. The number of halogens is 1. The molecule has 0 unspecified atom stereocenters. The third-order valence-electron chi connectivity index (χ3n) is 4.48. The number of cyclic esters (lactones) is 1. The lowest BCUT2D eigenvalue weighted by Crippen LogP contribution is -2.27. The Kier molecular flexibility index (Phi) is 5.50. The van der Waals surface area contributed by atoms with Gasteiger partial charge in [-0.2, -0.15) is 0 Å². The number of carbonyl (C=O) groups excluding carboxylic acids is 1. The Morgan fingerprint density at radius 2 is 2.13 bits per heavy atom. The average Bonchev–Trinajstić information content (AvgIpc) is 3.31. The summed E-state index contributed by atoms with van der Waals surface area (Å²) >= 11 is 0. The second kappa shape index (κ2) is 8.12. The number of ether oxygens (including phenoxy) is 1. The molecule has 4 rings (SSSR count). The topological polar surface area (TPSA) is 158 Å². The Morgan fingerprint density at radius 3 is 2.74 bits per heavy atom. The normalized spacial score (nSPS) is 16.6. The van der Waals surface area contributed by atoms with Crippen molar-refractivity contribution < 1.29 is 32.8 Å². The molecular formula is C17H14FN6O6P-2. The number of pyridine rings is 1. The van der Waals surface area contributed by atoms with Gasteiger partial charge in [0.2, 0.25) is 0 Å². The quantitative estimate of drug-likeness (QED) is 0.478. The maximum absolute atomic E-state index is 14.8. The largest absolute Gasteiger partial charge is 0.790 e. The van der Waals surface area contributed by atoms with Crippen LogP contribution in [0.5, 0.6) is 0 Å². The molecule has 162 valence electrons. The van der Waals surface area contributed by atoms with Crippen LogP contribution in [0, 0.1) is 5.82 Å². The first kappa shape index (κ1) is 21.0. The van der Waals surface area contributed by atoms with Gasteiger partial charge in [0.1, 0.15) is 17.6 Å². The van der Waals surface area contributed by atoms with E-state index in [1.165, 1.54) is 23.0 Å². The minimum atomic E-state index is -5.19. The van der Waals surface area contributed by atoms with Crippen LogP contribution in [0.1, 0.15) is 0 Å². The van der Waals surface area contributed by atoms with Gasteiger partial charge in [0.25, 0.3) is 0 Å². The third-order valence-corrected chi connectivity index (χ3v) is 4.95. The number of carbonyl (C=O) groups is 1. The summed E-state index contributed by atoms with van der Waals surface area (Å²) < 4.78 is 35.9. The predicted octanol–water partition coefficient (Wildman–Crippen LogP) is 0.249. The Morgan fingerprint density at radius 1 is 1.32 bits per heavy atom. The number of phosphoric ester groups is 1. The first-order chi connectivity index (χ1) is 14.7. The van der Waals surface area contributed by atoms with Crippen molar-refractivity contribution in [3.05, 3.63) is 42.3 Å². The minimum absolute atomic E-state index is 0.0976. The van der Waals surface area contributed by atoms with Crippen molar-refractivity contribution in [2.24, 2.45) is 7.05 Å². The number of tetrazole rings is 1. The number of amides is 1. The number of anilines is 1. The Bertz CT molecular complexity index is 1170.